The lowest BCUT2D eigenvalue weighted by Crippen LogP contribution is -2.21. The lowest BCUT2D eigenvalue weighted by molar-refractivity contribution is 0.667. The molecular weight excluding hydrogens is 649 g/mol. The summed E-state index contributed by atoms with van der Waals surface area (Å²) in [6, 6.07) is 54.4. The number of hydrogen-bond donors (Lipinski definition) is 0. The smallest absolute Gasteiger partial charge is 0.264 e. The second kappa shape index (κ2) is 10.8. The Balaban J connectivity index is 1.30. The molecule has 250 valence electrons. The minimum Gasteiger partial charge on any atom is -0.292 e. The number of benzene rings is 7. The zero-order valence-corrected chi connectivity index (χ0v) is 29.2. The highest BCUT2D eigenvalue weighted by Gasteiger charge is 2.38. The van der Waals surface area contributed by atoms with Gasteiger partial charge < -0.3 is 0 Å². The molecule has 0 amide bonds. The average molecular weight is 681 g/mol. The third kappa shape index (κ3) is 4.10. The standard InChI is InChI=1S/C48H32N4O/c1-48(2)39-28-41-38(27-37(39)34-26-25-29-15-9-10-20-32(29)42(34)48)33-21-13-14-24-40(33)52(41)45-43(30-16-5-3-6-17-30)49-46-44(50-45)35-22-11-12-23-36(35)47(53)51(46)31-18-7-4-8-19-31/h3-28H,1-2H3. The second-order valence-electron chi connectivity index (χ2n) is 14.6. The van der Waals surface area contributed by atoms with Gasteiger partial charge in [0.2, 0.25) is 0 Å². The van der Waals surface area contributed by atoms with E-state index in [4.69, 9.17) is 9.97 Å². The third-order valence-electron chi connectivity index (χ3n) is 11.3. The molecule has 0 bridgehead atoms. The van der Waals surface area contributed by atoms with Gasteiger partial charge in [-0.25, -0.2) is 9.97 Å². The molecule has 53 heavy (non-hydrogen) atoms. The summed E-state index contributed by atoms with van der Waals surface area (Å²) in [5, 5.41) is 6.24. The molecule has 0 radical (unpaired) electrons. The highest BCUT2D eigenvalue weighted by Crippen LogP contribution is 2.53. The Morgan fingerprint density at radius 3 is 1.98 bits per heavy atom. The van der Waals surface area contributed by atoms with Crippen molar-refractivity contribution in [3.63, 3.8) is 0 Å². The molecule has 5 nitrogen and oxygen atoms in total. The first-order valence-corrected chi connectivity index (χ1v) is 18.1. The van der Waals surface area contributed by atoms with Crippen LogP contribution in [0.15, 0.2) is 163 Å². The zero-order valence-electron chi connectivity index (χ0n) is 29.2. The van der Waals surface area contributed by atoms with Gasteiger partial charge in [-0.05, 0) is 69.4 Å². The monoisotopic (exact) mass is 680 g/mol. The van der Waals surface area contributed by atoms with Crippen LogP contribution in [0.2, 0.25) is 0 Å². The topological polar surface area (TPSA) is 52.7 Å². The van der Waals surface area contributed by atoms with Crippen molar-refractivity contribution in [2.75, 3.05) is 0 Å². The van der Waals surface area contributed by atoms with Gasteiger partial charge >= 0.3 is 0 Å². The van der Waals surface area contributed by atoms with Crippen molar-refractivity contribution >= 4 is 54.5 Å². The van der Waals surface area contributed by atoms with Gasteiger partial charge in [-0.3, -0.25) is 13.9 Å². The molecule has 3 aromatic heterocycles. The first-order chi connectivity index (χ1) is 26.0. The SMILES string of the molecule is CC1(C)c2cc3c(cc2-c2ccc4ccccc4c21)c1ccccc1n3-c1nc2c3ccccc3c(=O)n(-c3ccccc3)c2nc1-c1ccccc1. The summed E-state index contributed by atoms with van der Waals surface area (Å²) in [4.78, 5) is 25.3. The molecule has 0 atom stereocenters. The van der Waals surface area contributed by atoms with Crippen molar-refractivity contribution in [2.24, 2.45) is 0 Å². The minimum atomic E-state index is -0.236. The maximum Gasteiger partial charge on any atom is 0.264 e. The van der Waals surface area contributed by atoms with Crippen molar-refractivity contribution in [1.82, 2.24) is 19.1 Å². The summed E-state index contributed by atoms with van der Waals surface area (Å²) < 4.78 is 4.01. The van der Waals surface area contributed by atoms with Crippen LogP contribution < -0.4 is 5.56 Å². The number of hydrogen-bond acceptors (Lipinski definition) is 3. The van der Waals surface area contributed by atoms with Crippen LogP contribution >= 0.6 is 0 Å². The molecule has 7 aromatic carbocycles. The van der Waals surface area contributed by atoms with Gasteiger partial charge in [0.1, 0.15) is 11.2 Å². The van der Waals surface area contributed by atoms with E-state index in [-0.39, 0.29) is 11.0 Å². The third-order valence-corrected chi connectivity index (χ3v) is 11.3. The Morgan fingerprint density at radius 2 is 1.19 bits per heavy atom. The van der Waals surface area contributed by atoms with E-state index in [1.54, 1.807) is 4.57 Å². The number of nitrogens with zero attached hydrogens (tertiary/aromatic N) is 4. The van der Waals surface area contributed by atoms with E-state index in [1.165, 1.54) is 33.0 Å². The molecule has 0 saturated heterocycles. The number of para-hydroxylation sites is 2. The fourth-order valence-electron chi connectivity index (χ4n) is 8.90. The Morgan fingerprint density at radius 1 is 0.528 bits per heavy atom. The first-order valence-electron chi connectivity index (χ1n) is 18.1. The Labute approximate surface area is 305 Å². The van der Waals surface area contributed by atoms with E-state index in [9.17, 15) is 4.79 Å². The molecule has 0 N–H and O–H groups in total. The Bertz CT molecular complexity index is 3210. The highest BCUT2D eigenvalue weighted by atomic mass is 16.1. The van der Waals surface area contributed by atoms with Gasteiger partial charge in [0.25, 0.3) is 5.56 Å². The number of fused-ring (bicyclic) bond motifs is 11. The fraction of sp³-hybridized carbons (Fsp3) is 0.0625. The van der Waals surface area contributed by atoms with Crippen LogP contribution in [0.3, 0.4) is 0 Å². The predicted octanol–water partition coefficient (Wildman–Crippen LogP) is 11.2. The predicted molar refractivity (Wildman–Crippen MR) is 217 cm³/mol. The molecule has 0 fully saturated rings. The van der Waals surface area contributed by atoms with Gasteiger partial charge in [0.15, 0.2) is 11.5 Å². The van der Waals surface area contributed by atoms with E-state index in [2.05, 4.69) is 103 Å². The molecule has 0 spiro atoms. The van der Waals surface area contributed by atoms with Gasteiger partial charge in [-0.1, -0.05) is 135 Å². The van der Waals surface area contributed by atoms with E-state index in [1.807, 2.05) is 72.8 Å². The van der Waals surface area contributed by atoms with Crippen LogP contribution in [0.25, 0.3) is 88.4 Å². The van der Waals surface area contributed by atoms with E-state index in [0.717, 1.165) is 44.3 Å². The van der Waals surface area contributed by atoms with E-state index >= 15 is 0 Å². The minimum absolute atomic E-state index is 0.123. The first kappa shape index (κ1) is 29.8. The molecule has 0 saturated carbocycles. The molecule has 0 aliphatic heterocycles. The van der Waals surface area contributed by atoms with Crippen molar-refractivity contribution in [3.8, 4) is 33.9 Å². The van der Waals surface area contributed by atoms with Crippen LogP contribution in [-0.4, -0.2) is 19.1 Å². The number of pyridine rings is 1. The summed E-state index contributed by atoms with van der Waals surface area (Å²) in [7, 11) is 0. The largest absolute Gasteiger partial charge is 0.292 e. The van der Waals surface area contributed by atoms with Crippen molar-refractivity contribution in [1.29, 1.82) is 0 Å². The molecular formula is C48H32N4O. The normalized spacial score (nSPS) is 13.3. The summed E-state index contributed by atoms with van der Waals surface area (Å²) in [6.07, 6.45) is 0. The summed E-state index contributed by atoms with van der Waals surface area (Å²) in [5.74, 6) is 0.719. The number of rotatable bonds is 3. The fourth-order valence-corrected chi connectivity index (χ4v) is 8.90. The van der Waals surface area contributed by atoms with Gasteiger partial charge in [-0.2, -0.15) is 0 Å². The second-order valence-corrected chi connectivity index (χ2v) is 14.6. The number of aromatic nitrogens is 4. The molecule has 1 aliphatic carbocycles. The molecule has 1 aliphatic rings. The summed E-state index contributed by atoms with van der Waals surface area (Å²) in [6.45, 7) is 4.70. The van der Waals surface area contributed by atoms with E-state index in [0.29, 0.717) is 22.2 Å². The highest BCUT2D eigenvalue weighted by molar-refractivity contribution is 6.13. The van der Waals surface area contributed by atoms with Crippen LogP contribution in [0.1, 0.15) is 25.0 Å². The molecule has 3 heterocycles. The van der Waals surface area contributed by atoms with Crippen molar-refractivity contribution < 1.29 is 0 Å². The molecule has 5 heteroatoms. The maximum absolute atomic E-state index is 14.3. The zero-order chi connectivity index (χ0) is 35.4. The average Bonchev–Trinajstić information content (AvgIpc) is 3.65. The van der Waals surface area contributed by atoms with Crippen LogP contribution in [0.4, 0.5) is 0 Å². The quantitative estimate of drug-likeness (QED) is 0.175. The summed E-state index contributed by atoms with van der Waals surface area (Å²) >= 11 is 0. The van der Waals surface area contributed by atoms with Crippen molar-refractivity contribution in [2.45, 2.75) is 19.3 Å². The van der Waals surface area contributed by atoms with Gasteiger partial charge in [-0.15, -0.1) is 0 Å². The Kier molecular flexibility index (Phi) is 6.10. The summed E-state index contributed by atoms with van der Waals surface area (Å²) in [5.41, 5.74) is 10.6. The maximum atomic E-state index is 14.3. The van der Waals surface area contributed by atoms with Crippen LogP contribution in [0, 0.1) is 0 Å². The lowest BCUT2D eigenvalue weighted by Gasteiger charge is -2.23. The van der Waals surface area contributed by atoms with Crippen LogP contribution in [-0.2, 0) is 5.41 Å². The molecule has 10 aromatic rings. The molecule has 0 unspecified atom stereocenters. The van der Waals surface area contributed by atoms with Crippen molar-refractivity contribution in [3.05, 3.63) is 179 Å². The van der Waals surface area contributed by atoms with E-state index < -0.39 is 0 Å². The van der Waals surface area contributed by atoms with Gasteiger partial charge in [0.05, 0.1) is 16.7 Å². The Hall–Kier alpha value is -6.85. The molecule has 11 rings (SSSR count). The van der Waals surface area contributed by atoms with Gasteiger partial charge in [0, 0.05) is 32.5 Å². The lowest BCUT2D eigenvalue weighted by atomic mass is 9.80. The van der Waals surface area contributed by atoms with Crippen LogP contribution in [0.5, 0.6) is 0 Å².